The molecule has 0 N–H and O–H groups in total. The monoisotopic (exact) mass is 455 g/mol. The first-order chi connectivity index (χ1) is 16.7. The lowest BCUT2D eigenvalue weighted by atomic mass is 9.86. The molecular weight excluding hydrogens is 433 g/mol. The van der Waals surface area contributed by atoms with E-state index in [0.29, 0.717) is 41.9 Å². The molecule has 2 aliphatic heterocycles. The van der Waals surface area contributed by atoms with Crippen molar-refractivity contribution in [1.29, 1.82) is 0 Å². The molecule has 3 heterocycles. The first-order valence-corrected chi connectivity index (χ1v) is 11.4. The van der Waals surface area contributed by atoms with Crippen LogP contribution < -0.4 is 4.74 Å². The summed E-state index contributed by atoms with van der Waals surface area (Å²) in [6.45, 7) is 1.18. The lowest BCUT2D eigenvalue weighted by Gasteiger charge is -2.36. The summed E-state index contributed by atoms with van der Waals surface area (Å²) in [6, 6.07) is 21.4. The summed E-state index contributed by atoms with van der Waals surface area (Å²) < 4.78 is 25.2. The van der Waals surface area contributed by atoms with Gasteiger partial charge in [0.25, 0.3) is 0 Å². The van der Waals surface area contributed by atoms with Gasteiger partial charge in [-0.15, -0.1) is 10.2 Å². The second-order valence-electron chi connectivity index (χ2n) is 8.69. The molecule has 6 rings (SSSR count). The third kappa shape index (κ3) is 3.63. The van der Waals surface area contributed by atoms with E-state index in [0.717, 1.165) is 24.0 Å². The van der Waals surface area contributed by atoms with Gasteiger partial charge in [-0.1, -0.05) is 36.4 Å². The summed E-state index contributed by atoms with van der Waals surface area (Å²) in [6.07, 6.45) is 1.70. The van der Waals surface area contributed by atoms with Crippen molar-refractivity contribution >= 4 is 5.91 Å². The molecule has 7 heteroatoms. The quantitative estimate of drug-likeness (QED) is 0.407. The smallest absolute Gasteiger partial charge is 0.247 e. The van der Waals surface area contributed by atoms with Gasteiger partial charge >= 0.3 is 0 Å². The number of carbonyl (C=O) groups is 1. The second-order valence-corrected chi connectivity index (χ2v) is 8.69. The van der Waals surface area contributed by atoms with E-state index < -0.39 is 5.92 Å². The average molecular weight is 455 g/mol. The van der Waals surface area contributed by atoms with Gasteiger partial charge in [0.1, 0.15) is 17.3 Å². The van der Waals surface area contributed by atoms with Gasteiger partial charge in [0.15, 0.2) is 0 Å². The fourth-order valence-electron chi connectivity index (χ4n) is 4.85. The van der Waals surface area contributed by atoms with Crippen LogP contribution in [0.15, 0.2) is 77.2 Å². The van der Waals surface area contributed by atoms with Crippen LogP contribution >= 0.6 is 0 Å². The van der Waals surface area contributed by atoms with Gasteiger partial charge < -0.3 is 14.1 Å². The molecule has 0 spiro atoms. The minimum absolute atomic E-state index is 0.0474. The highest BCUT2D eigenvalue weighted by Gasteiger charge is 2.37. The van der Waals surface area contributed by atoms with E-state index in [-0.39, 0.29) is 17.6 Å². The zero-order valence-corrected chi connectivity index (χ0v) is 18.4. The first-order valence-electron chi connectivity index (χ1n) is 11.4. The molecule has 34 heavy (non-hydrogen) atoms. The van der Waals surface area contributed by atoms with Gasteiger partial charge in [0.2, 0.25) is 17.7 Å². The molecule has 0 aliphatic carbocycles. The summed E-state index contributed by atoms with van der Waals surface area (Å²) in [5, 5.41) is 8.40. The Kier molecular flexibility index (Phi) is 5.09. The fraction of sp³-hybridized carbons (Fsp3) is 0.222. The topological polar surface area (TPSA) is 68.5 Å². The van der Waals surface area contributed by atoms with Crippen LogP contribution in [0.4, 0.5) is 4.39 Å². The minimum Gasteiger partial charge on any atom is -0.457 e. The lowest BCUT2D eigenvalue weighted by Crippen LogP contribution is -2.42. The van der Waals surface area contributed by atoms with Crippen LogP contribution in [0, 0.1) is 5.82 Å². The number of aromatic nitrogens is 2. The second kappa shape index (κ2) is 8.41. The number of rotatable bonds is 3. The van der Waals surface area contributed by atoms with E-state index in [1.54, 1.807) is 12.1 Å². The molecule has 170 valence electrons. The lowest BCUT2D eigenvalue weighted by molar-refractivity contribution is -0.133. The summed E-state index contributed by atoms with van der Waals surface area (Å²) in [7, 11) is 0. The Morgan fingerprint density at radius 3 is 2.29 bits per heavy atom. The molecule has 3 aromatic carbocycles. The molecular formula is C27H22FN3O3. The van der Waals surface area contributed by atoms with E-state index in [1.807, 2.05) is 53.4 Å². The Bertz CT molecular complexity index is 1310. The molecule has 0 bridgehead atoms. The molecule has 0 radical (unpaired) electrons. The van der Waals surface area contributed by atoms with Gasteiger partial charge in [-0.25, -0.2) is 4.39 Å². The van der Waals surface area contributed by atoms with Crippen molar-refractivity contribution in [3.63, 3.8) is 0 Å². The van der Waals surface area contributed by atoms with Crippen LogP contribution in [-0.4, -0.2) is 34.1 Å². The Hall–Kier alpha value is -4.00. The third-order valence-corrected chi connectivity index (χ3v) is 6.54. The standard InChI is InChI=1S/C27H22FN3O3/c28-19-13-11-17(12-14-19)25-29-30-26(34-25)18-6-5-15-31(16-18)27(32)24-20-7-1-3-9-22(20)33-23-10-4-2-8-21(23)24/h1-4,7-14,18,24H,5-6,15-16H2. The highest BCUT2D eigenvalue weighted by molar-refractivity contribution is 5.89. The summed E-state index contributed by atoms with van der Waals surface area (Å²) in [5.74, 6) is 1.55. The zero-order chi connectivity index (χ0) is 23.1. The van der Waals surface area contributed by atoms with Gasteiger partial charge in [-0.3, -0.25) is 4.79 Å². The maximum atomic E-state index is 13.9. The van der Waals surface area contributed by atoms with Crippen LogP contribution in [0.2, 0.25) is 0 Å². The number of hydrogen-bond donors (Lipinski definition) is 0. The molecule has 0 saturated carbocycles. The van der Waals surface area contributed by atoms with Crippen LogP contribution in [0.3, 0.4) is 0 Å². The highest BCUT2D eigenvalue weighted by Crippen LogP contribution is 2.45. The average Bonchev–Trinajstić information content (AvgIpc) is 3.38. The number of halogens is 1. The maximum Gasteiger partial charge on any atom is 0.247 e. The number of nitrogens with zero attached hydrogens (tertiary/aromatic N) is 3. The van der Waals surface area contributed by atoms with Gasteiger partial charge in [-0.05, 0) is 49.2 Å². The van der Waals surface area contributed by atoms with Crippen molar-refractivity contribution in [2.24, 2.45) is 0 Å². The number of para-hydroxylation sites is 2. The first kappa shape index (κ1) is 20.6. The van der Waals surface area contributed by atoms with Gasteiger partial charge in [0.05, 0.1) is 11.8 Å². The predicted molar refractivity (Wildman–Crippen MR) is 123 cm³/mol. The van der Waals surface area contributed by atoms with E-state index in [9.17, 15) is 9.18 Å². The number of amides is 1. The van der Waals surface area contributed by atoms with Crippen molar-refractivity contribution in [2.75, 3.05) is 13.1 Å². The molecule has 6 nitrogen and oxygen atoms in total. The number of hydrogen-bond acceptors (Lipinski definition) is 5. The molecule has 1 saturated heterocycles. The molecule has 1 unspecified atom stereocenters. The predicted octanol–water partition coefficient (Wildman–Crippen LogP) is 5.52. The van der Waals surface area contributed by atoms with Crippen molar-refractivity contribution in [3.8, 4) is 23.0 Å². The molecule has 1 amide bonds. The van der Waals surface area contributed by atoms with Crippen molar-refractivity contribution in [2.45, 2.75) is 24.7 Å². The maximum absolute atomic E-state index is 13.9. The number of likely N-dealkylation sites (tertiary alicyclic amines) is 1. The zero-order valence-electron chi connectivity index (χ0n) is 18.4. The van der Waals surface area contributed by atoms with E-state index in [4.69, 9.17) is 9.15 Å². The highest BCUT2D eigenvalue weighted by atomic mass is 19.1. The Balaban J connectivity index is 1.27. The molecule has 1 fully saturated rings. The van der Waals surface area contributed by atoms with Crippen LogP contribution in [0.5, 0.6) is 11.5 Å². The Labute approximate surface area is 196 Å². The van der Waals surface area contributed by atoms with Crippen molar-refractivity contribution in [1.82, 2.24) is 15.1 Å². The van der Waals surface area contributed by atoms with Crippen LogP contribution in [0.1, 0.15) is 41.7 Å². The number of benzene rings is 3. The number of piperidine rings is 1. The van der Waals surface area contributed by atoms with E-state index >= 15 is 0 Å². The van der Waals surface area contributed by atoms with Crippen molar-refractivity contribution in [3.05, 3.63) is 95.6 Å². The summed E-state index contributed by atoms with van der Waals surface area (Å²) in [5.41, 5.74) is 2.42. The summed E-state index contributed by atoms with van der Waals surface area (Å²) in [4.78, 5) is 15.8. The molecule has 1 aromatic heterocycles. The SMILES string of the molecule is O=C(C1c2ccccc2Oc2ccccc21)N1CCCC(c2nnc(-c3ccc(F)cc3)o2)C1. The normalized spacial score (nSPS) is 17.6. The number of fused-ring (bicyclic) bond motifs is 2. The van der Waals surface area contributed by atoms with Gasteiger partial charge in [0, 0.05) is 29.8 Å². The Morgan fingerprint density at radius 1 is 0.912 bits per heavy atom. The number of ether oxygens (including phenoxy) is 1. The molecule has 4 aromatic rings. The van der Waals surface area contributed by atoms with E-state index in [2.05, 4.69) is 10.2 Å². The summed E-state index contributed by atoms with van der Waals surface area (Å²) >= 11 is 0. The fourth-order valence-corrected chi connectivity index (χ4v) is 4.85. The number of carbonyl (C=O) groups excluding carboxylic acids is 1. The molecule has 2 aliphatic rings. The largest absolute Gasteiger partial charge is 0.457 e. The van der Waals surface area contributed by atoms with Crippen LogP contribution in [-0.2, 0) is 4.79 Å². The van der Waals surface area contributed by atoms with Crippen LogP contribution in [0.25, 0.3) is 11.5 Å². The molecule has 1 atom stereocenters. The van der Waals surface area contributed by atoms with E-state index in [1.165, 1.54) is 12.1 Å². The van der Waals surface area contributed by atoms with Crippen molar-refractivity contribution < 1.29 is 18.3 Å². The minimum atomic E-state index is -0.419. The third-order valence-electron chi connectivity index (χ3n) is 6.54. The van der Waals surface area contributed by atoms with Gasteiger partial charge in [-0.2, -0.15) is 0 Å². The Morgan fingerprint density at radius 2 is 1.59 bits per heavy atom.